The van der Waals surface area contributed by atoms with Crippen LogP contribution in [0.2, 0.25) is 0 Å². The Bertz CT molecular complexity index is 822. The van der Waals surface area contributed by atoms with Crippen LogP contribution in [0, 0.1) is 6.92 Å². The van der Waals surface area contributed by atoms with E-state index in [1.807, 2.05) is 29.2 Å². The molecule has 0 aliphatic carbocycles. The summed E-state index contributed by atoms with van der Waals surface area (Å²) in [6, 6.07) is 7.44. The molecular weight excluding hydrogens is 320 g/mol. The SMILES string of the molecule is COc1cccc(N2CCN(c3ncc(C(C)=O)c(C)n3)CC2=O)c1. The lowest BCUT2D eigenvalue weighted by Crippen LogP contribution is -2.51. The van der Waals surface area contributed by atoms with E-state index in [2.05, 4.69) is 9.97 Å². The van der Waals surface area contributed by atoms with Crippen LogP contribution in [0.4, 0.5) is 11.6 Å². The highest BCUT2D eigenvalue weighted by Crippen LogP contribution is 2.23. The maximum absolute atomic E-state index is 12.6. The topological polar surface area (TPSA) is 75.6 Å². The zero-order valence-corrected chi connectivity index (χ0v) is 14.5. The fourth-order valence-corrected chi connectivity index (χ4v) is 2.85. The van der Waals surface area contributed by atoms with Gasteiger partial charge in [-0.1, -0.05) is 6.07 Å². The van der Waals surface area contributed by atoms with Crippen LogP contribution in [0.25, 0.3) is 0 Å². The van der Waals surface area contributed by atoms with Gasteiger partial charge in [-0.05, 0) is 26.0 Å². The molecule has 0 atom stereocenters. The average molecular weight is 340 g/mol. The van der Waals surface area contributed by atoms with Crippen molar-refractivity contribution in [3.05, 3.63) is 41.7 Å². The van der Waals surface area contributed by atoms with Gasteiger partial charge in [0.05, 0.1) is 18.4 Å². The molecule has 7 heteroatoms. The van der Waals surface area contributed by atoms with E-state index in [1.54, 1.807) is 18.9 Å². The predicted molar refractivity (Wildman–Crippen MR) is 94.3 cm³/mol. The summed E-state index contributed by atoms with van der Waals surface area (Å²) in [6.07, 6.45) is 1.53. The molecule has 3 rings (SSSR count). The second-order valence-electron chi connectivity index (χ2n) is 5.89. The fourth-order valence-electron chi connectivity index (χ4n) is 2.85. The van der Waals surface area contributed by atoms with Gasteiger partial charge in [-0.3, -0.25) is 9.59 Å². The number of piperazine rings is 1. The highest BCUT2D eigenvalue weighted by Gasteiger charge is 2.27. The third kappa shape index (κ3) is 3.45. The smallest absolute Gasteiger partial charge is 0.246 e. The largest absolute Gasteiger partial charge is 0.497 e. The molecule has 25 heavy (non-hydrogen) atoms. The van der Waals surface area contributed by atoms with Gasteiger partial charge in [0.25, 0.3) is 0 Å². The molecule has 1 aromatic heterocycles. The Morgan fingerprint density at radius 2 is 2.08 bits per heavy atom. The number of carbonyl (C=O) groups excluding carboxylic acids is 2. The van der Waals surface area contributed by atoms with Crippen LogP contribution < -0.4 is 14.5 Å². The zero-order chi connectivity index (χ0) is 18.0. The monoisotopic (exact) mass is 340 g/mol. The number of carbonyl (C=O) groups is 2. The van der Waals surface area contributed by atoms with Crippen molar-refractivity contribution in [1.29, 1.82) is 0 Å². The quantitative estimate of drug-likeness (QED) is 0.791. The Labute approximate surface area is 146 Å². The molecule has 0 N–H and O–H groups in total. The van der Waals surface area contributed by atoms with Gasteiger partial charge in [-0.25, -0.2) is 9.97 Å². The van der Waals surface area contributed by atoms with Crippen molar-refractivity contribution in [3.63, 3.8) is 0 Å². The molecule has 1 saturated heterocycles. The van der Waals surface area contributed by atoms with Crippen molar-refractivity contribution in [2.24, 2.45) is 0 Å². The number of aryl methyl sites for hydroxylation is 1. The van der Waals surface area contributed by atoms with Gasteiger partial charge in [0.2, 0.25) is 11.9 Å². The highest BCUT2D eigenvalue weighted by atomic mass is 16.5. The number of nitrogens with zero attached hydrogens (tertiary/aromatic N) is 4. The first kappa shape index (κ1) is 16.9. The third-order valence-corrected chi connectivity index (χ3v) is 4.21. The Morgan fingerprint density at radius 3 is 2.72 bits per heavy atom. The maximum atomic E-state index is 12.6. The lowest BCUT2D eigenvalue weighted by molar-refractivity contribution is -0.117. The summed E-state index contributed by atoms with van der Waals surface area (Å²) in [4.78, 5) is 36.3. The maximum Gasteiger partial charge on any atom is 0.246 e. The molecule has 1 aliphatic rings. The molecule has 0 saturated carbocycles. The fraction of sp³-hybridized carbons (Fsp3) is 0.333. The number of Topliss-reactive ketones (excluding diaryl/α,β-unsaturated/α-hetero) is 1. The molecule has 1 fully saturated rings. The first-order valence-electron chi connectivity index (χ1n) is 8.03. The van der Waals surface area contributed by atoms with E-state index in [1.165, 1.54) is 13.1 Å². The van der Waals surface area contributed by atoms with Crippen molar-refractivity contribution in [1.82, 2.24) is 9.97 Å². The summed E-state index contributed by atoms with van der Waals surface area (Å²) in [7, 11) is 1.60. The van der Waals surface area contributed by atoms with E-state index in [-0.39, 0.29) is 18.2 Å². The molecule has 1 amide bonds. The molecule has 130 valence electrons. The third-order valence-electron chi connectivity index (χ3n) is 4.21. The van der Waals surface area contributed by atoms with Crippen LogP contribution in [-0.4, -0.2) is 48.4 Å². The van der Waals surface area contributed by atoms with Crippen LogP contribution >= 0.6 is 0 Å². The number of benzene rings is 1. The number of methoxy groups -OCH3 is 1. The minimum atomic E-state index is -0.0667. The Balaban J connectivity index is 1.76. The number of ketones is 1. The van der Waals surface area contributed by atoms with Crippen LogP contribution in [0.15, 0.2) is 30.5 Å². The first-order chi connectivity index (χ1) is 12.0. The lowest BCUT2D eigenvalue weighted by atomic mass is 10.2. The minimum absolute atomic E-state index is 0.0311. The molecule has 0 spiro atoms. The molecule has 7 nitrogen and oxygen atoms in total. The van der Waals surface area contributed by atoms with Crippen molar-refractivity contribution in [2.75, 3.05) is 36.5 Å². The number of amides is 1. The normalized spacial score (nSPS) is 14.6. The van der Waals surface area contributed by atoms with Gasteiger partial charge in [-0.15, -0.1) is 0 Å². The molecule has 2 heterocycles. The van der Waals surface area contributed by atoms with Crippen LogP contribution in [0.3, 0.4) is 0 Å². The highest BCUT2D eigenvalue weighted by molar-refractivity contribution is 5.98. The molecule has 0 bridgehead atoms. The lowest BCUT2D eigenvalue weighted by Gasteiger charge is -2.34. The van der Waals surface area contributed by atoms with Crippen molar-refractivity contribution in [2.45, 2.75) is 13.8 Å². The zero-order valence-electron chi connectivity index (χ0n) is 14.5. The summed E-state index contributed by atoms with van der Waals surface area (Å²) < 4.78 is 5.22. The Hall–Kier alpha value is -2.96. The molecule has 0 radical (unpaired) electrons. The second-order valence-corrected chi connectivity index (χ2v) is 5.89. The van der Waals surface area contributed by atoms with Crippen LogP contribution in [0.1, 0.15) is 23.0 Å². The second kappa shape index (κ2) is 6.88. The summed E-state index contributed by atoms with van der Waals surface area (Å²) in [5, 5.41) is 0. The Morgan fingerprint density at radius 1 is 1.28 bits per heavy atom. The molecule has 2 aromatic rings. The standard InChI is InChI=1S/C18H20N4O3/c1-12-16(13(2)23)10-19-18(20-12)21-7-8-22(17(24)11-21)14-5-4-6-15(9-14)25-3/h4-6,9-10H,7-8,11H2,1-3H3. The van der Waals surface area contributed by atoms with Gasteiger partial charge in [0.1, 0.15) is 12.3 Å². The van der Waals surface area contributed by atoms with Crippen LogP contribution in [-0.2, 0) is 4.79 Å². The van der Waals surface area contributed by atoms with Crippen LogP contribution in [0.5, 0.6) is 5.75 Å². The molecule has 1 aromatic carbocycles. The van der Waals surface area contributed by atoms with E-state index in [9.17, 15) is 9.59 Å². The Kier molecular flexibility index (Phi) is 4.65. The van der Waals surface area contributed by atoms with Gasteiger partial charge >= 0.3 is 0 Å². The number of ether oxygens (including phenoxy) is 1. The summed E-state index contributed by atoms with van der Waals surface area (Å²) in [5.41, 5.74) is 1.94. The van der Waals surface area contributed by atoms with Gasteiger partial charge < -0.3 is 14.5 Å². The molecular formula is C18H20N4O3. The minimum Gasteiger partial charge on any atom is -0.497 e. The number of hydrogen-bond acceptors (Lipinski definition) is 6. The van der Waals surface area contributed by atoms with E-state index >= 15 is 0 Å². The molecule has 0 unspecified atom stereocenters. The number of hydrogen-bond donors (Lipinski definition) is 0. The van der Waals surface area contributed by atoms with E-state index in [0.717, 1.165) is 5.69 Å². The number of anilines is 2. The van der Waals surface area contributed by atoms with Crippen molar-refractivity contribution in [3.8, 4) is 5.75 Å². The summed E-state index contributed by atoms with van der Waals surface area (Å²) in [5.74, 6) is 1.09. The molecule has 1 aliphatic heterocycles. The van der Waals surface area contributed by atoms with Gasteiger partial charge in [0, 0.05) is 31.0 Å². The van der Waals surface area contributed by atoms with Gasteiger partial charge in [-0.2, -0.15) is 0 Å². The summed E-state index contributed by atoms with van der Waals surface area (Å²) >= 11 is 0. The van der Waals surface area contributed by atoms with E-state index < -0.39 is 0 Å². The van der Waals surface area contributed by atoms with Gasteiger partial charge in [0.15, 0.2) is 5.78 Å². The number of aromatic nitrogens is 2. The van der Waals surface area contributed by atoms with Crippen molar-refractivity contribution < 1.29 is 14.3 Å². The van der Waals surface area contributed by atoms with Crippen molar-refractivity contribution >= 4 is 23.3 Å². The number of rotatable bonds is 4. The summed E-state index contributed by atoms with van der Waals surface area (Å²) in [6.45, 7) is 4.60. The van der Waals surface area contributed by atoms with E-state index in [0.29, 0.717) is 36.0 Å². The average Bonchev–Trinajstić information content (AvgIpc) is 2.61. The first-order valence-corrected chi connectivity index (χ1v) is 8.03. The van der Waals surface area contributed by atoms with E-state index in [4.69, 9.17) is 4.74 Å². The predicted octanol–water partition coefficient (Wildman–Crippen LogP) is 1.85.